The standard InChI is InChI=1S/C20H17F3N6O2/c1-11-6-16(15-10-24-29-17(15)4-5-18(28-29)31-3)27-19(25-11)26-13-7-12(20(21,22)23)8-14(9-13)30-2/h4-10H,1-3H3,(H,25,26,27). The van der Waals surface area contributed by atoms with Crippen LogP contribution in [0.1, 0.15) is 11.3 Å². The summed E-state index contributed by atoms with van der Waals surface area (Å²) in [5.74, 6) is 0.604. The van der Waals surface area contributed by atoms with Crippen molar-refractivity contribution in [2.24, 2.45) is 0 Å². The van der Waals surface area contributed by atoms with Crippen LogP contribution in [-0.2, 0) is 6.18 Å². The largest absolute Gasteiger partial charge is 0.497 e. The summed E-state index contributed by atoms with van der Waals surface area (Å²) in [4.78, 5) is 8.74. The highest BCUT2D eigenvalue weighted by atomic mass is 19.4. The van der Waals surface area contributed by atoms with Crippen molar-refractivity contribution >= 4 is 17.2 Å². The number of methoxy groups -OCH3 is 2. The monoisotopic (exact) mass is 430 g/mol. The molecule has 3 aromatic heterocycles. The van der Waals surface area contributed by atoms with Gasteiger partial charge in [0.15, 0.2) is 0 Å². The number of ether oxygens (including phenoxy) is 2. The average molecular weight is 430 g/mol. The fourth-order valence-corrected chi connectivity index (χ4v) is 3.01. The second-order valence-electron chi connectivity index (χ2n) is 6.60. The van der Waals surface area contributed by atoms with Gasteiger partial charge in [-0.25, -0.2) is 9.97 Å². The quantitative estimate of drug-likeness (QED) is 0.506. The number of fused-ring (bicyclic) bond motifs is 1. The Kier molecular flexibility index (Phi) is 5.09. The van der Waals surface area contributed by atoms with Crippen LogP contribution in [0.2, 0.25) is 0 Å². The van der Waals surface area contributed by atoms with Crippen molar-refractivity contribution in [2.75, 3.05) is 19.5 Å². The maximum Gasteiger partial charge on any atom is 0.416 e. The van der Waals surface area contributed by atoms with Crippen molar-refractivity contribution in [1.29, 1.82) is 0 Å². The highest BCUT2D eigenvalue weighted by molar-refractivity contribution is 5.78. The lowest BCUT2D eigenvalue weighted by molar-refractivity contribution is -0.137. The number of aromatic nitrogens is 5. The topological polar surface area (TPSA) is 86.5 Å². The number of rotatable bonds is 5. The predicted molar refractivity (Wildman–Crippen MR) is 107 cm³/mol. The second kappa shape index (κ2) is 7.74. The van der Waals surface area contributed by atoms with Gasteiger partial charge < -0.3 is 14.8 Å². The van der Waals surface area contributed by atoms with Crippen molar-refractivity contribution < 1.29 is 22.6 Å². The molecule has 4 rings (SSSR count). The van der Waals surface area contributed by atoms with Gasteiger partial charge in [0, 0.05) is 29.1 Å². The van der Waals surface area contributed by atoms with E-state index in [4.69, 9.17) is 9.47 Å². The summed E-state index contributed by atoms with van der Waals surface area (Å²) in [6.07, 6.45) is -2.92. The Morgan fingerprint density at radius 3 is 2.52 bits per heavy atom. The van der Waals surface area contributed by atoms with Crippen molar-refractivity contribution in [3.05, 3.63) is 53.9 Å². The molecule has 1 N–H and O–H groups in total. The van der Waals surface area contributed by atoms with Crippen LogP contribution in [0, 0.1) is 6.92 Å². The summed E-state index contributed by atoms with van der Waals surface area (Å²) in [5.41, 5.74) is 1.83. The summed E-state index contributed by atoms with van der Waals surface area (Å²) >= 11 is 0. The minimum absolute atomic E-state index is 0.0628. The summed E-state index contributed by atoms with van der Waals surface area (Å²) in [5, 5.41) is 11.3. The normalized spacial score (nSPS) is 11.5. The van der Waals surface area contributed by atoms with Gasteiger partial charge in [0.25, 0.3) is 0 Å². The van der Waals surface area contributed by atoms with E-state index in [1.165, 1.54) is 24.9 Å². The Morgan fingerprint density at radius 2 is 1.81 bits per heavy atom. The Hall–Kier alpha value is -3.89. The highest BCUT2D eigenvalue weighted by Gasteiger charge is 2.31. The summed E-state index contributed by atoms with van der Waals surface area (Å²) in [6.45, 7) is 1.76. The van der Waals surface area contributed by atoms with Crippen LogP contribution < -0.4 is 14.8 Å². The first-order chi connectivity index (χ1) is 14.8. The summed E-state index contributed by atoms with van der Waals surface area (Å²) in [7, 11) is 2.81. The molecule has 0 aliphatic heterocycles. The van der Waals surface area contributed by atoms with Crippen molar-refractivity contribution in [1.82, 2.24) is 24.8 Å². The van der Waals surface area contributed by atoms with E-state index >= 15 is 0 Å². The van der Waals surface area contributed by atoms with Crippen LogP contribution in [0.4, 0.5) is 24.8 Å². The molecule has 3 heterocycles. The van der Waals surface area contributed by atoms with Gasteiger partial charge in [0.1, 0.15) is 5.75 Å². The SMILES string of the molecule is COc1cc(Nc2nc(C)cc(-c3cnn4nc(OC)ccc34)n2)cc(C(F)(F)F)c1. The highest BCUT2D eigenvalue weighted by Crippen LogP contribution is 2.35. The van der Waals surface area contributed by atoms with E-state index in [-0.39, 0.29) is 17.4 Å². The third-order valence-electron chi connectivity index (χ3n) is 4.43. The minimum atomic E-state index is -4.52. The second-order valence-corrected chi connectivity index (χ2v) is 6.60. The van der Waals surface area contributed by atoms with E-state index in [1.807, 2.05) is 0 Å². The first kappa shape index (κ1) is 20.4. The first-order valence-electron chi connectivity index (χ1n) is 9.05. The van der Waals surface area contributed by atoms with Gasteiger partial charge in [-0.15, -0.1) is 9.73 Å². The van der Waals surface area contributed by atoms with E-state index in [0.29, 0.717) is 28.3 Å². The van der Waals surface area contributed by atoms with Crippen molar-refractivity contribution in [2.45, 2.75) is 13.1 Å². The summed E-state index contributed by atoms with van der Waals surface area (Å²) < 4.78 is 51.1. The third-order valence-corrected chi connectivity index (χ3v) is 4.43. The molecule has 31 heavy (non-hydrogen) atoms. The molecular formula is C20H17F3N6O2. The molecule has 0 saturated heterocycles. The van der Waals surface area contributed by atoms with Crippen LogP contribution in [0.3, 0.4) is 0 Å². The maximum atomic E-state index is 13.2. The number of nitrogens with one attached hydrogen (secondary N) is 1. The molecule has 4 aromatic rings. The zero-order valence-corrected chi connectivity index (χ0v) is 16.7. The number of benzene rings is 1. The number of halogens is 3. The molecular weight excluding hydrogens is 413 g/mol. The fourth-order valence-electron chi connectivity index (χ4n) is 3.01. The molecule has 0 bridgehead atoms. The van der Waals surface area contributed by atoms with Crippen molar-refractivity contribution in [3.8, 4) is 22.9 Å². The molecule has 160 valence electrons. The lowest BCUT2D eigenvalue weighted by Crippen LogP contribution is -2.07. The minimum Gasteiger partial charge on any atom is -0.497 e. The number of alkyl halides is 3. The van der Waals surface area contributed by atoms with Gasteiger partial charge in [-0.1, -0.05) is 0 Å². The number of hydrogen-bond acceptors (Lipinski definition) is 7. The zero-order chi connectivity index (χ0) is 22.2. The van der Waals surface area contributed by atoms with Crippen molar-refractivity contribution in [3.63, 3.8) is 0 Å². The molecule has 0 aliphatic carbocycles. The maximum absolute atomic E-state index is 13.2. The Balaban J connectivity index is 1.73. The van der Waals surface area contributed by atoms with Gasteiger partial charge in [0.05, 0.1) is 37.2 Å². The molecule has 1 aromatic carbocycles. The molecule has 0 unspecified atom stereocenters. The zero-order valence-electron chi connectivity index (χ0n) is 16.7. The molecule has 11 heteroatoms. The molecule has 0 saturated carbocycles. The molecule has 0 amide bonds. The number of anilines is 2. The van der Waals surface area contributed by atoms with Crippen LogP contribution in [0.25, 0.3) is 16.8 Å². The van der Waals surface area contributed by atoms with Crippen LogP contribution >= 0.6 is 0 Å². The molecule has 0 radical (unpaired) electrons. The smallest absolute Gasteiger partial charge is 0.416 e. The molecule has 8 nitrogen and oxygen atoms in total. The predicted octanol–water partition coefficient (Wildman–Crippen LogP) is 4.27. The van der Waals surface area contributed by atoms with Crippen LogP contribution in [0.15, 0.2) is 42.6 Å². The molecule has 0 atom stereocenters. The van der Waals surface area contributed by atoms with Gasteiger partial charge >= 0.3 is 6.18 Å². The van der Waals surface area contributed by atoms with E-state index < -0.39 is 11.7 Å². The first-order valence-corrected chi connectivity index (χ1v) is 9.05. The lowest BCUT2D eigenvalue weighted by Gasteiger charge is -2.13. The van der Waals surface area contributed by atoms with Gasteiger partial charge in [-0.3, -0.25) is 0 Å². The lowest BCUT2D eigenvalue weighted by atomic mass is 10.1. The fraction of sp³-hybridized carbons (Fsp3) is 0.200. The Morgan fingerprint density at radius 1 is 1.00 bits per heavy atom. The van der Waals surface area contributed by atoms with Gasteiger partial charge in [-0.05, 0) is 31.2 Å². The number of aryl methyl sites for hydroxylation is 1. The molecule has 0 aliphatic rings. The van der Waals surface area contributed by atoms with Crippen LogP contribution in [-0.4, -0.2) is 39.0 Å². The van der Waals surface area contributed by atoms with Gasteiger partial charge in [0.2, 0.25) is 11.8 Å². The van der Waals surface area contributed by atoms with Gasteiger partial charge in [-0.2, -0.15) is 18.3 Å². The van der Waals surface area contributed by atoms with E-state index in [1.54, 1.807) is 31.3 Å². The third kappa shape index (κ3) is 4.20. The average Bonchev–Trinajstić information content (AvgIpc) is 3.15. The van der Waals surface area contributed by atoms with Crippen LogP contribution in [0.5, 0.6) is 11.6 Å². The summed E-state index contributed by atoms with van der Waals surface area (Å²) in [6, 6.07) is 8.57. The Labute approximate surface area is 174 Å². The van der Waals surface area contributed by atoms with E-state index in [9.17, 15) is 13.2 Å². The van der Waals surface area contributed by atoms with E-state index in [2.05, 4.69) is 25.5 Å². The number of hydrogen-bond donors (Lipinski definition) is 1. The Bertz CT molecular complexity index is 1260. The van der Waals surface area contributed by atoms with E-state index in [0.717, 1.165) is 12.1 Å². The molecule has 0 spiro atoms. The number of nitrogens with zero attached hydrogens (tertiary/aromatic N) is 5. The molecule has 0 fully saturated rings.